The van der Waals surface area contributed by atoms with Gasteiger partial charge in [0.15, 0.2) is 0 Å². The molecule has 0 bridgehead atoms. The van der Waals surface area contributed by atoms with Crippen molar-refractivity contribution in [3.8, 4) is 0 Å². The van der Waals surface area contributed by atoms with Gasteiger partial charge in [-0.15, -0.1) is 0 Å². The van der Waals surface area contributed by atoms with E-state index in [9.17, 15) is 14.4 Å². The molecule has 26 heavy (non-hydrogen) atoms. The second-order valence-electron chi connectivity index (χ2n) is 7.31. The number of likely N-dealkylation sites (tertiary alicyclic amines) is 1. The summed E-state index contributed by atoms with van der Waals surface area (Å²) in [6.07, 6.45) is 8.74. The molecule has 6 nitrogen and oxygen atoms in total. The fourth-order valence-corrected chi connectivity index (χ4v) is 4.21. The Kier molecular flexibility index (Phi) is 6.51. The lowest BCUT2D eigenvalue weighted by Gasteiger charge is -2.33. The van der Waals surface area contributed by atoms with Gasteiger partial charge in [0.2, 0.25) is 11.8 Å². The molecule has 2 fully saturated rings. The minimum atomic E-state index is -0.184. The van der Waals surface area contributed by atoms with Crippen molar-refractivity contribution in [3.05, 3.63) is 33.2 Å². The van der Waals surface area contributed by atoms with E-state index in [1.165, 1.54) is 17.1 Å². The van der Waals surface area contributed by atoms with E-state index in [1.807, 2.05) is 0 Å². The molecule has 2 heterocycles. The van der Waals surface area contributed by atoms with E-state index in [0.717, 1.165) is 43.0 Å². The minimum Gasteiger partial charge on any atom is -0.353 e. The lowest BCUT2D eigenvalue weighted by atomic mass is 9.88. The Bertz CT molecular complexity index is 704. The predicted octanol–water partition coefficient (Wildman–Crippen LogP) is 2.30. The number of carbonyl (C=O) groups is 2. The van der Waals surface area contributed by atoms with Crippen molar-refractivity contribution in [3.63, 3.8) is 0 Å². The van der Waals surface area contributed by atoms with Crippen LogP contribution < -0.4 is 10.9 Å². The number of nitrogens with one attached hydrogen (secondary N) is 1. The Morgan fingerprint density at radius 1 is 1.08 bits per heavy atom. The first-order chi connectivity index (χ1) is 12.5. The van der Waals surface area contributed by atoms with Gasteiger partial charge >= 0.3 is 0 Å². The molecule has 1 aliphatic carbocycles. The van der Waals surface area contributed by atoms with Gasteiger partial charge in [0.05, 0.1) is 0 Å². The summed E-state index contributed by atoms with van der Waals surface area (Å²) in [6, 6.07) is 3.27. The third-order valence-corrected chi connectivity index (χ3v) is 5.89. The number of halogens is 1. The quantitative estimate of drug-likeness (QED) is 0.807. The molecule has 142 valence electrons. The van der Waals surface area contributed by atoms with E-state index in [1.54, 1.807) is 17.2 Å². The third-order valence-electron chi connectivity index (χ3n) is 5.42. The molecule has 7 heteroatoms. The standard InChI is InChI=1S/C19H26BrN3O3/c20-15-6-7-17(24)23(12-15)13-18(25)22-10-8-16(9-11-22)21-19(26)14-4-2-1-3-5-14/h6-7,12,14,16H,1-5,8-11,13H2,(H,21,26). The Hall–Kier alpha value is -1.63. The smallest absolute Gasteiger partial charge is 0.251 e. The Morgan fingerprint density at radius 3 is 2.46 bits per heavy atom. The van der Waals surface area contributed by atoms with Gasteiger partial charge in [0.25, 0.3) is 5.56 Å². The minimum absolute atomic E-state index is 0.0529. The van der Waals surface area contributed by atoms with E-state index >= 15 is 0 Å². The summed E-state index contributed by atoms with van der Waals surface area (Å²) < 4.78 is 2.19. The van der Waals surface area contributed by atoms with Crippen LogP contribution in [0.2, 0.25) is 0 Å². The zero-order chi connectivity index (χ0) is 18.5. The molecule has 1 aromatic rings. The highest BCUT2D eigenvalue weighted by Gasteiger charge is 2.27. The van der Waals surface area contributed by atoms with E-state index < -0.39 is 0 Å². The predicted molar refractivity (Wildman–Crippen MR) is 103 cm³/mol. The maximum absolute atomic E-state index is 12.5. The first kappa shape index (κ1) is 19.1. The van der Waals surface area contributed by atoms with Crippen molar-refractivity contribution < 1.29 is 9.59 Å². The lowest BCUT2D eigenvalue weighted by molar-refractivity contribution is -0.133. The molecule has 1 saturated heterocycles. The molecule has 0 radical (unpaired) electrons. The number of nitrogens with zero attached hydrogens (tertiary/aromatic N) is 2. The van der Waals surface area contributed by atoms with Crippen LogP contribution in [0.4, 0.5) is 0 Å². The Morgan fingerprint density at radius 2 is 1.77 bits per heavy atom. The molecular formula is C19H26BrN3O3. The van der Waals surface area contributed by atoms with Crippen molar-refractivity contribution in [2.45, 2.75) is 57.5 Å². The molecule has 0 aromatic carbocycles. The molecule has 1 N–H and O–H groups in total. The first-order valence-electron chi connectivity index (χ1n) is 9.47. The zero-order valence-electron chi connectivity index (χ0n) is 15.0. The van der Waals surface area contributed by atoms with Crippen LogP contribution in [0.3, 0.4) is 0 Å². The molecule has 0 unspecified atom stereocenters. The largest absolute Gasteiger partial charge is 0.353 e. The third kappa shape index (κ3) is 4.96. The summed E-state index contributed by atoms with van der Waals surface area (Å²) in [5.74, 6) is 0.309. The molecule has 1 aromatic heterocycles. The van der Waals surface area contributed by atoms with Crippen LogP contribution in [0, 0.1) is 5.92 Å². The lowest BCUT2D eigenvalue weighted by Crippen LogP contribution is -2.49. The highest BCUT2D eigenvalue weighted by Crippen LogP contribution is 2.24. The fraction of sp³-hybridized carbons (Fsp3) is 0.632. The summed E-state index contributed by atoms with van der Waals surface area (Å²) in [5.41, 5.74) is -0.184. The summed E-state index contributed by atoms with van der Waals surface area (Å²) in [4.78, 5) is 38.5. The molecular weight excluding hydrogens is 398 g/mol. The van der Waals surface area contributed by atoms with Gasteiger partial charge in [-0.05, 0) is 47.7 Å². The van der Waals surface area contributed by atoms with Crippen molar-refractivity contribution in [1.29, 1.82) is 0 Å². The molecule has 3 rings (SSSR count). The topological polar surface area (TPSA) is 71.4 Å². The van der Waals surface area contributed by atoms with E-state index in [2.05, 4.69) is 21.2 Å². The van der Waals surface area contributed by atoms with Crippen molar-refractivity contribution in [2.75, 3.05) is 13.1 Å². The summed E-state index contributed by atoms with van der Waals surface area (Å²) in [6.45, 7) is 1.30. The molecule has 1 aliphatic heterocycles. The van der Waals surface area contributed by atoms with Crippen LogP contribution in [0.15, 0.2) is 27.6 Å². The van der Waals surface area contributed by atoms with Gasteiger partial charge in [-0.1, -0.05) is 19.3 Å². The molecule has 0 spiro atoms. The number of hydrogen-bond acceptors (Lipinski definition) is 3. The number of pyridine rings is 1. The fourth-order valence-electron chi connectivity index (χ4n) is 3.83. The van der Waals surface area contributed by atoms with E-state index in [-0.39, 0.29) is 35.9 Å². The number of carbonyl (C=O) groups excluding carboxylic acids is 2. The van der Waals surface area contributed by atoms with E-state index in [4.69, 9.17) is 0 Å². The van der Waals surface area contributed by atoms with Gasteiger partial charge in [-0.25, -0.2) is 0 Å². The normalized spacial score (nSPS) is 19.3. The van der Waals surface area contributed by atoms with Gasteiger partial charge in [0.1, 0.15) is 6.54 Å². The molecule has 2 amide bonds. The number of amides is 2. The maximum Gasteiger partial charge on any atom is 0.251 e. The second-order valence-corrected chi connectivity index (χ2v) is 8.23. The average molecular weight is 424 g/mol. The summed E-state index contributed by atoms with van der Waals surface area (Å²) in [5, 5.41) is 3.18. The van der Waals surface area contributed by atoms with Crippen LogP contribution in [0.25, 0.3) is 0 Å². The monoisotopic (exact) mass is 423 g/mol. The number of rotatable bonds is 4. The van der Waals surface area contributed by atoms with E-state index in [0.29, 0.717) is 13.1 Å². The van der Waals surface area contributed by atoms with Crippen LogP contribution >= 0.6 is 15.9 Å². The Balaban J connectivity index is 1.47. The highest BCUT2D eigenvalue weighted by molar-refractivity contribution is 9.10. The zero-order valence-corrected chi connectivity index (χ0v) is 16.5. The Labute approximate surface area is 162 Å². The van der Waals surface area contributed by atoms with Crippen LogP contribution in [0.5, 0.6) is 0 Å². The summed E-state index contributed by atoms with van der Waals surface area (Å²) in [7, 11) is 0. The molecule has 2 aliphatic rings. The SMILES string of the molecule is O=C(NC1CCN(C(=O)Cn2cc(Br)ccc2=O)CC1)C1CCCCC1. The van der Waals surface area contributed by atoms with Crippen LogP contribution in [-0.2, 0) is 16.1 Å². The van der Waals surface area contributed by atoms with Gasteiger partial charge in [-0.2, -0.15) is 0 Å². The highest BCUT2D eigenvalue weighted by atomic mass is 79.9. The number of aromatic nitrogens is 1. The number of hydrogen-bond donors (Lipinski definition) is 1. The van der Waals surface area contributed by atoms with Gasteiger partial charge < -0.3 is 14.8 Å². The first-order valence-corrected chi connectivity index (χ1v) is 10.3. The summed E-state index contributed by atoms with van der Waals surface area (Å²) >= 11 is 3.32. The molecule has 1 saturated carbocycles. The maximum atomic E-state index is 12.5. The van der Waals surface area contributed by atoms with Crippen LogP contribution in [-0.4, -0.2) is 40.4 Å². The van der Waals surface area contributed by atoms with Crippen molar-refractivity contribution in [1.82, 2.24) is 14.8 Å². The van der Waals surface area contributed by atoms with Gasteiger partial charge in [0, 0.05) is 41.8 Å². The van der Waals surface area contributed by atoms with Gasteiger partial charge in [-0.3, -0.25) is 14.4 Å². The second kappa shape index (κ2) is 8.84. The van der Waals surface area contributed by atoms with Crippen LogP contribution in [0.1, 0.15) is 44.9 Å². The molecule has 0 atom stereocenters. The number of piperidine rings is 1. The van der Waals surface area contributed by atoms with Crippen molar-refractivity contribution in [2.24, 2.45) is 5.92 Å². The van der Waals surface area contributed by atoms with Crippen molar-refractivity contribution >= 4 is 27.7 Å². The average Bonchev–Trinajstić information content (AvgIpc) is 2.66.